The largest absolute Gasteiger partial charge is 0.507 e. The van der Waals surface area contributed by atoms with Gasteiger partial charge in [-0.2, -0.15) is 13.2 Å². The number of aromatic hydroxyl groups is 1. The maximum atomic E-state index is 12.0. The van der Waals surface area contributed by atoms with Crippen molar-refractivity contribution >= 4 is 60.9 Å². The van der Waals surface area contributed by atoms with Crippen LogP contribution in [0.4, 0.5) is 13.2 Å². The molecule has 1 amide bonds. The Balaban J connectivity index is 0.000000516. The van der Waals surface area contributed by atoms with E-state index in [0.717, 1.165) is 10.1 Å². The maximum Gasteiger partial charge on any atom is 0.490 e. The minimum atomic E-state index is -5.08. The molecule has 160 valence electrons. The number of alkyl halides is 3. The van der Waals surface area contributed by atoms with E-state index in [1.165, 1.54) is 39.0 Å². The third-order valence-corrected chi connectivity index (χ3v) is 6.28. The highest BCUT2D eigenvalue weighted by Crippen LogP contribution is 2.30. The van der Waals surface area contributed by atoms with Crippen LogP contribution in [-0.2, 0) is 9.59 Å². The van der Waals surface area contributed by atoms with E-state index >= 15 is 0 Å². The van der Waals surface area contributed by atoms with E-state index in [4.69, 9.17) is 15.0 Å². The Bertz CT molecular complexity index is 856. The molecule has 0 aliphatic rings. The van der Waals surface area contributed by atoms with Crippen LogP contribution in [0.2, 0.25) is 0 Å². The summed E-state index contributed by atoms with van der Waals surface area (Å²) in [5.74, 6) is -2.41. The fourth-order valence-corrected chi connectivity index (χ4v) is 4.47. The molecule has 2 rings (SSSR count). The third-order valence-electron chi connectivity index (χ3n) is 3.01. The first-order chi connectivity index (χ1) is 13.5. The second-order valence-corrected chi connectivity index (χ2v) is 8.82. The van der Waals surface area contributed by atoms with E-state index in [-0.39, 0.29) is 18.1 Å². The number of carbonyl (C=O) groups excluding carboxylic acids is 1. The first-order valence-corrected chi connectivity index (χ1v) is 11.1. The van der Waals surface area contributed by atoms with E-state index in [1.54, 1.807) is 6.07 Å². The lowest BCUT2D eigenvalue weighted by Gasteiger charge is -2.06. The summed E-state index contributed by atoms with van der Waals surface area (Å²) in [5.41, 5.74) is 0.441. The van der Waals surface area contributed by atoms with Gasteiger partial charge in [-0.3, -0.25) is 9.59 Å². The molecule has 1 heterocycles. The Hall–Kier alpha value is -2.12. The van der Waals surface area contributed by atoms with Crippen molar-refractivity contribution < 1.29 is 42.9 Å². The standard InChI is InChI=1S/C14H15NO4S3.C2HF3O2/c16-11-7-9(8-12-10(11)1-4-20-12)14(19)15-3-6-22-21-5-2-13(17)18;3-2(4,5)1(6)7/h1,4,7-8,16H,2-3,5-6H2,(H,15,19)(H,17,18);(H,6,7). The van der Waals surface area contributed by atoms with Crippen LogP contribution in [-0.4, -0.2) is 57.4 Å². The summed E-state index contributed by atoms with van der Waals surface area (Å²) < 4.78 is 32.6. The van der Waals surface area contributed by atoms with Crippen LogP contribution in [0.5, 0.6) is 5.75 Å². The summed E-state index contributed by atoms with van der Waals surface area (Å²) >= 11 is 1.48. The topological polar surface area (TPSA) is 124 Å². The Kier molecular flexibility index (Phi) is 10.1. The minimum Gasteiger partial charge on any atom is -0.507 e. The van der Waals surface area contributed by atoms with Crippen LogP contribution >= 0.6 is 32.9 Å². The van der Waals surface area contributed by atoms with Gasteiger partial charge in [-0.1, -0.05) is 21.6 Å². The van der Waals surface area contributed by atoms with Gasteiger partial charge in [0, 0.05) is 33.7 Å². The van der Waals surface area contributed by atoms with Crippen molar-refractivity contribution in [1.29, 1.82) is 0 Å². The smallest absolute Gasteiger partial charge is 0.490 e. The molecular weight excluding hydrogens is 455 g/mol. The summed E-state index contributed by atoms with van der Waals surface area (Å²) in [6, 6.07) is 5.06. The van der Waals surface area contributed by atoms with Gasteiger partial charge < -0.3 is 20.6 Å². The highest BCUT2D eigenvalue weighted by atomic mass is 33.1. The predicted octanol–water partition coefficient (Wildman–Crippen LogP) is 3.83. The normalized spacial score (nSPS) is 10.9. The van der Waals surface area contributed by atoms with E-state index < -0.39 is 18.1 Å². The summed E-state index contributed by atoms with van der Waals surface area (Å²) in [4.78, 5) is 31.3. The fourth-order valence-electron chi connectivity index (χ4n) is 1.74. The number of aliphatic carboxylic acids is 2. The van der Waals surface area contributed by atoms with Crippen LogP contribution in [0.3, 0.4) is 0 Å². The zero-order valence-electron chi connectivity index (χ0n) is 14.6. The molecule has 1 aromatic heterocycles. The lowest BCUT2D eigenvalue weighted by molar-refractivity contribution is -0.192. The van der Waals surface area contributed by atoms with Crippen LogP contribution in [0.25, 0.3) is 10.1 Å². The number of benzene rings is 1. The van der Waals surface area contributed by atoms with Crippen molar-refractivity contribution in [2.45, 2.75) is 12.6 Å². The van der Waals surface area contributed by atoms with Gasteiger partial charge in [0.1, 0.15) is 5.75 Å². The lowest BCUT2D eigenvalue weighted by atomic mass is 10.1. The monoisotopic (exact) mass is 471 g/mol. The number of phenols is 1. The molecule has 13 heteroatoms. The van der Waals surface area contributed by atoms with Gasteiger partial charge in [0.15, 0.2) is 0 Å². The average molecular weight is 472 g/mol. The molecule has 0 radical (unpaired) electrons. The fraction of sp³-hybridized carbons (Fsp3) is 0.312. The predicted molar refractivity (Wildman–Crippen MR) is 107 cm³/mol. The molecular formula is C16H16F3NO6S3. The second kappa shape index (κ2) is 11.8. The number of carbonyl (C=O) groups is 3. The van der Waals surface area contributed by atoms with Crippen molar-refractivity contribution in [3.8, 4) is 5.75 Å². The molecule has 29 heavy (non-hydrogen) atoms. The van der Waals surface area contributed by atoms with Gasteiger partial charge in [0.2, 0.25) is 0 Å². The Morgan fingerprint density at radius 3 is 2.31 bits per heavy atom. The SMILES string of the molecule is O=C(O)C(F)(F)F.O=C(O)CCSSCCNC(=O)c1cc(O)c2ccsc2c1. The molecule has 0 aliphatic heterocycles. The molecule has 2 aromatic rings. The van der Waals surface area contributed by atoms with Gasteiger partial charge in [-0.15, -0.1) is 11.3 Å². The third kappa shape index (κ3) is 9.28. The molecule has 0 saturated carbocycles. The molecule has 0 fully saturated rings. The average Bonchev–Trinajstić information content (AvgIpc) is 3.09. The van der Waals surface area contributed by atoms with E-state index in [0.29, 0.717) is 23.6 Å². The zero-order chi connectivity index (χ0) is 22.0. The highest BCUT2D eigenvalue weighted by Gasteiger charge is 2.38. The second-order valence-electron chi connectivity index (χ2n) is 5.17. The van der Waals surface area contributed by atoms with Crippen LogP contribution < -0.4 is 5.32 Å². The number of phenolic OH excluding ortho intramolecular Hbond substituents is 1. The molecule has 0 saturated heterocycles. The van der Waals surface area contributed by atoms with Crippen LogP contribution in [0, 0.1) is 0 Å². The Morgan fingerprint density at radius 2 is 1.72 bits per heavy atom. The molecule has 4 N–H and O–H groups in total. The van der Waals surface area contributed by atoms with Gasteiger partial charge in [-0.05, 0) is 23.6 Å². The van der Waals surface area contributed by atoms with E-state index in [9.17, 15) is 27.9 Å². The van der Waals surface area contributed by atoms with Crippen molar-refractivity contribution in [2.75, 3.05) is 18.1 Å². The van der Waals surface area contributed by atoms with Crippen molar-refractivity contribution in [3.05, 3.63) is 29.1 Å². The lowest BCUT2D eigenvalue weighted by Crippen LogP contribution is -2.25. The molecule has 0 unspecified atom stereocenters. The first kappa shape index (κ1) is 24.9. The van der Waals surface area contributed by atoms with Crippen molar-refractivity contribution in [3.63, 3.8) is 0 Å². The van der Waals surface area contributed by atoms with Gasteiger partial charge in [0.05, 0.1) is 6.42 Å². The van der Waals surface area contributed by atoms with E-state index in [1.807, 2.05) is 11.4 Å². The zero-order valence-corrected chi connectivity index (χ0v) is 17.0. The number of carboxylic acid groups (broad SMARTS) is 2. The number of carboxylic acids is 2. The molecule has 0 bridgehead atoms. The van der Waals surface area contributed by atoms with Crippen molar-refractivity contribution in [1.82, 2.24) is 5.32 Å². The number of halogens is 3. The minimum absolute atomic E-state index is 0.113. The highest BCUT2D eigenvalue weighted by molar-refractivity contribution is 8.76. The summed E-state index contributed by atoms with van der Waals surface area (Å²) in [5, 5.41) is 30.9. The number of rotatable bonds is 8. The number of fused-ring (bicyclic) bond motifs is 1. The number of amides is 1. The Labute approximate surface area is 174 Å². The molecule has 0 spiro atoms. The molecule has 0 aliphatic carbocycles. The first-order valence-electron chi connectivity index (χ1n) is 7.77. The summed E-state index contributed by atoms with van der Waals surface area (Å²) in [6.45, 7) is 0.493. The number of hydrogen-bond donors (Lipinski definition) is 4. The van der Waals surface area contributed by atoms with Gasteiger partial charge in [-0.25, -0.2) is 4.79 Å². The van der Waals surface area contributed by atoms with Crippen LogP contribution in [0.15, 0.2) is 23.6 Å². The molecule has 1 aromatic carbocycles. The van der Waals surface area contributed by atoms with Gasteiger partial charge in [0.25, 0.3) is 5.91 Å². The van der Waals surface area contributed by atoms with Crippen molar-refractivity contribution in [2.24, 2.45) is 0 Å². The molecule has 0 atom stereocenters. The number of thiophene rings is 1. The number of hydrogen-bond acceptors (Lipinski definition) is 7. The number of nitrogens with one attached hydrogen (secondary N) is 1. The van der Waals surface area contributed by atoms with Gasteiger partial charge >= 0.3 is 18.1 Å². The summed E-state index contributed by atoms with van der Waals surface area (Å²) in [7, 11) is 3.01. The summed E-state index contributed by atoms with van der Waals surface area (Å²) in [6.07, 6.45) is -4.94. The maximum absolute atomic E-state index is 12.0. The van der Waals surface area contributed by atoms with E-state index in [2.05, 4.69) is 5.32 Å². The van der Waals surface area contributed by atoms with Crippen LogP contribution in [0.1, 0.15) is 16.8 Å². The quantitative estimate of drug-likeness (QED) is 0.338. The Morgan fingerprint density at radius 1 is 1.10 bits per heavy atom. The molecule has 7 nitrogen and oxygen atoms in total.